The van der Waals surface area contributed by atoms with Gasteiger partial charge < -0.3 is 4.74 Å². The third kappa shape index (κ3) is 3.41. The molecule has 1 aromatic heterocycles. The van der Waals surface area contributed by atoms with E-state index in [9.17, 15) is 8.42 Å². The van der Waals surface area contributed by atoms with Gasteiger partial charge in [0.05, 0.1) is 11.6 Å². The fourth-order valence-electron chi connectivity index (χ4n) is 1.42. The number of halogens is 2. The average Bonchev–Trinajstić information content (AvgIpc) is 2.42. The number of nitrogens with zero attached hydrogens (tertiary/aromatic N) is 1. The summed E-state index contributed by atoms with van der Waals surface area (Å²) in [5, 5.41) is 0.202. The molecule has 0 aliphatic heterocycles. The molecule has 0 saturated heterocycles. The molecule has 0 saturated carbocycles. The zero-order chi connectivity index (χ0) is 14.8. The van der Waals surface area contributed by atoms with E-state index >= 15 is 0 Å². The summed E-state index contributed by atoms with van der Waals surface area (Å²) in [5.74, 6) is 0.642. The van der Waals surface area contributed by atoms with E-state index in [-0.39, 0.29) is 10.0 Å². The van der Waals surface area contributed by atoms with Gasteiger partial charge in [-0.2, -0.15) is 0 Å². The Bertz CT molecular complexity index is 720. The number of nitrogens with one attached hydrogen (secondary N) is 1. The number of hydrogen-bond acceptors (Lipinski definition) is 4. The van der Waals surface area contributed by atoms with Crippen LogP contribution in [0.4, 0.5) is 5.69 Å². The standard InChI is InChI=1S/C12H10BrClN2O3S/c1-19-9-4-2-8(3-5-9)16-20(17,18)10-6-11(13)12(14)15-7-10/h2-7,16H,1H3. The lowest BCUT2D eigenvalue weighted by Crippen LogP contribution is -2.13. The number of pyridine rings is 1. The topological polar surface area (TPSA) is 68.3 Å². The fraction of sp³-hybridized carbons (Fsp3) is 0.0833. The summed E-state index contributed by atoms with van der Waals surface area (Å²) in [4.78, 5) is 3.81. The zero-order valence-corrected chi connectivity index (χ0v) is 13.5. The Morgan fingerprint density at radius 3 is 2.50 bits per heavy atom. The molecule has 1 heterocycles. The van der Waals surface area contributed by atoms with Crippen LogP contribution in [0.25, 0.3) is 0 Å². The summed E-state index contributed by atoms with van der Waals surface area (Å²) in [6.45, 7) is 0. The molecule has 2 aromatic rings. The van der Waals surface area contributed by atoms with Crippen molar-refractivity contribution < 1.29 is 13.2 Å². The number of aromatic nitrogens is 1. The number of benzene rings is 1. The second kappa shape index (κ2) is 5.99. The first-order valence-electron chi connectivity index (χ1n) is 5.40. The zero-order valence-electron chi connectivity index (χ0n) is 10.3. The lowest BCUT2D eigenvalue weighted by Gasteiger charge is -2.09. The Balaban J connectivity index is 2.27. The summed E-state index contributed by atoms with van der Waals surface area (Å²) in [5.41, 5.74) is 0.428. The van der Waals surface area contributed by atoms with Crippen molar-refractivity contribution in [2.45, 2.75) is 4.90 Å². The number of rotatable bonds is 4. The van der Waals surface area contributed by atoms with Gasteiger partial charge in [0.2, 0.25) is 0 Å². The molecule has 0 radical (unpaired) electrons. The Kier molecular flexibility index (Phi) is 4.52. The third-order valence-corrected chi connectivity index (χ3v) is 4.91. The molecule has 5 nitrogen and oxygen atoms in total. The molecule has 1 N–H and O–H groups in total. The van der Waals surface area contributed by atoms with Crippen molar-refractivity contribution in [1.82, 2.24) is 4.98 Å². The van der Waals surface area contributed by atoms with Crippen molar-refractivity contribution in [2.24, 2.45) is 0 Å². The quantitative estimate of drug-likeness (QED) is 0.830. The van der Waals surface area contributed by atoms with Crippen molar-refractivity contribution in [3.05, 3.63) is 46.2 Å². The molecule has 0 aliphatic rings. The molecule has 0 spiro atoms. The van der Waals surface area contributed by atoms with Crippen LogP contribution < -0.4 is 9.46 Å². The van der Waals surface area contributed by atoms with Crippen LogP contribution in [0, 0.1) is 0 Å². The average molecular weight is 378 g/mol. The largest absolute Gasteiger partial charge is 0.497 e. The Morgan fingerprint density at radius 2 is 1.95 bits per heavy atom. The highest BCUT2D eigenvalue weighted by atomic mass is 79.9. The highest BCUT2D eigenvalue weighted by Crippen LogP contribution is 2.24. The van der Waals surface area contributed by atoms with Gasteiger partial charge >= 0.3 is 0 Å². The minimum Gasteiger partial charge on any atom is -0.497 e. The maximum Gasteiger partial charge on any atom is 0.263 e. The summed E-state index contributed by atoms with van der Waals surface area (Å²) in [7, 11) is -2.18. The SMILES string of the molecule is COc1ccc(NS(=O)(=O)c2cnc(Cl)c(Br)c2)cc1. The molecule has 1 aromatic carbocycles. The van der Waals surface area contributed by atoms with Crippen LogP contribution in [0.5, 0.6) is 5.75 Å². The minimum absolute atomic E-state index is 0.0181. The predicted molar refractivity (Wildman–Crippen MR) is 80.7 cm³/mol. The van der Waals surface area contributed by atoms with E-state index in [2.05, 4.69) is 25.6 Å². The van der Waals surface area contributed by atoms with Gasteiger partial charge in [-0.15, -0.1) is 0 Å². The highest BCUT2D eigenvalue weighted by molar-refractivity contribution is 9.10. The molecular formula is C12H10BrClN2O3S. The fourth-order valence-corrected chi connectivity index (χ4v) is 3.06. The molecule has 0 unspecified atom stereocenters. The molecule has 0 aliphatic carbocycles. The van der Waals surface area contributed by atoms with Gasteiger partial charge in [-0.25, -0.2) is 13.4 Å². The molecule has 0 amide bonds. The lowest BCUT2D eigenvalue weighted by molar-refractivity contribution is 0.415. The molecule has 0 fully saturated rings. The van der Waals surface area contributed by atoms with Crippen molar-refractivity contribution in [2.75, 3.05) is 11.8 Å². The maximum atomic E-state index is 12.2. The second-order valence-electron chi connectivity index (χ2n) is 3.78. The highest BCUT2D eigenvalue weighted by Gasteiger charge is 2.16. The van der Waals surface area contributed by atoms with E-state index in [1.807, 2.05) is 0 Å². The number of sulfonamides is 1. The van der Waals surface area contributed by atoms with Crippen LogP contribution in [0.1, 0.15) is 0 Å². The second-order valence-corrected chi connectivity index (χ2v) is 6.67. The number of anilines is 1. The molecule has 2 rings (SSSR count). The maximum absolute atomic E-state index is 12.2. The first-order valence-corrected chi connectivity index (χ1v) is 8.06. The third-order valence-electron chi connectivity index (χ3n) is 2.42. The Labute approximate surface area is 130 Å². The van der Waals surface area contributed by atoms with Gasteiger partial charge in [0, 0.05) is 11.9 Å². The van der Waals surface area contributed by atoms with Gasteiger partial charge in [0.25, 0.3) is 10.0 Å². The van der Waals surface area contributed by atoms with Gasteiger partial charge in [-0.3, -0.25) is 4.72 Å². The molecule has 0 atom stereocenters. The number of methoxy groups -OCH3 is 1. The van der Waals surface area contributed by atoms with Crippen LogP contribution in [-0.2, 0) is 10.0 Å². The Morgan fingerprint density at radius 1 is 1.30 bits per heavy atom. The van der Waals surface area contributed by atoms with E-state index in [0.717, 1.165) is 0 Å². The molecular weight excluding hydrogens is 368 g/mol. The summed E-state index contributed by atoms with van der Waals surface area (Å²) >= 11 is 8.88. The molecule has 20 heavy (non-hydrogen) atoms. The van der Waals surface area contributed by atoms with Gasteiger partial charge in [0.1, 0.15) is 15.8 Å². The van der Waals surface area contributed by atoms with Crippen LogP contribution >= 0.6 is 27.5 Å². The number of hydrogen-bond donors (Lipinski definition) is 1. The normalized spacial score (nSPS) is 11.2. The van der Waals surface area contributed by atoms with Gasteiger partial charge in [0.15, 0.2) is 0 Å². The van der Waals surface area contributed by atoms with E-state index in [1.54, 1.807) is 24.3 Å². The summed E-state index contributed by atoms with van der Waals surface area (Å²) in [6, 6.07) is 7.92. The summed E-state index contributed by atoms with van der Waals surface area (Å²) in [6.07, 6.45) is 1.19. The van der Waals surface area contributed by atoms with E-state index < -0.39 is 10.0 Å². The van der Waals surface area contributed by atoms with Crippen LogP contribution in [0.15, 0.2) is 45.9 Å². The van der Waals surface area contributed by atoms with E-state index in [0.29, 0.717) is 15.9 Å². The number of ether oxygens (including phenoxy) is 1. The van der Waals surface area contributed by atoms with Crippen molar-refractivity contribution in [3.8, 4) is 5.75 Å². The van der Waals surface area contributed by atoms with Crippen LogP contribution in [0.3, 0.4) is 0 Å². The smallest absolute Gasteiger partial charge is 0.263 e. The van der Waals surface area contributed by atoms with Crippen molar-refractivity contribution >= 4 is 43.2 Å². The first kappa shape index (κ1) is 15.1. The van der Waals surface area contributed by atoms with E-state index in [4.69, 9.17) is 16.3 Å². The lowest BCUT2D eigenvalue weighted by atomic mass is 10.3. The predicted octanol–water partition coefficient (Wildman–Crippen LogP) is 3.31. The van der Waals surface area contributed by atoms with Crippen LogP contribution in [-0.4, -0.2) is 20.5 Å². The molecule has 0 bridgehead atoms. The summed E-state index contributed by atoms with van der Waals surface area (Å²) < 4.78 is 32.2. The van der Waals surface area contributed by atoms with Gasteiger partial charge in [-0.1, -0.05) is 11.6 Å². The van der Waals surface area contributed by atoms with E-state index in [1.165, 1.54) is 19.4 Å². The monoisotopic (exact) mass is 376 g/mol. The minimum atomic E-state index is -3.71. The molecule has 106 valence electrons. The molecule has 8 heteroatoms. The Hall–Kier alpha value is -1.31. The van der Waals surface area contributed by atoms with Crippen molar-refractivity contribution in [3.63, 3.8) is 0 Å². The first-order chi connectivity index (χ1) is 9.42. The van der Waals surface area contributed by atoms with Gasteiger partial charge in [-0.05, 0) is 46.3 Å². The van der Waals surface area contributed by atoms with Crippen LogP contribution in [0.2, 0.25) is 5.15 Å². The van der Waals surface area contributed by atoms with Crippen molar-refractivity contribution in [1.29, 1.82) is 0 Å².